The Morgan fingerprint density at radius 2 is 2.04 bits per heavy atom. The lowest BCUT2D eigenvalue weighted by Gasteiger charge is -2.21. The zero-order valence-corrected chi connectivity index (χ0v) is 13.2. The highest BCUT2D eigenvalue weighted by Gasteiger charge is 2.15. The van der Waals surface area contributed by atoms with E-state index < -0.39 is 0 Å². The van der Waals surface area contributed by atoms with Crippen LogP contribution in [0.5, 0.6) is 0 Å². The zero-order valence-electron chi connectivity index (χ0n) is 13.2. The molecule has 4 rings (SSSR count). The van der Waals surface area contributed by atoms with E-state index in [2.05, 4.69) is 30.3 Å². The predicted molar refractivity (Wildman–Crippen MR) is 90.5 cm³/mol. The smallest absolute Gasteiger partial charge is 0.258 e. The highest BCUT2D eigenvalue weighted by Crippen LogP contribution is 2.24. The van der Waals surface area contributed by atoms with Gasteiger partial charge in [-0.2, -0.15) is 4.98 Å². The number of nitrogens with one attached hydrogen (secondary N) is 1. The van der Waals surface area contributed by atoms with Gasteiger partial charge in [0.05, 0.1) is 0 Å². The fraction of sp³-hybridized carbons (Fsp3) is 0.294. The first-order valence-electron chi connectivity index (χ1n) is 8.07. The van der Waals surface area contributed by atoms with E-state index in [9.17, 15) is 0 Å². The van der Waals surface area contributed by atoms with Gasteiger partial charge in [0.1, 0.15) is 11.5 Å². The van der Waals surface area contributed by atoms with Gasteiger partial charge >= 0.3 is 0 Å². The summed E-state index contributed by atoms with van der Waals surface area (Å²) in [4.78, 5) is 15.5. The molecule has 1 aliphatic rings. The van der Waals surface area contributed by atoms with E-state index in [0.29, 0.717) is 17.4 Å². The molecule has 0 spiro atoms. The Labute approximate surface area is 139 Å². The van der Waals surface area contributed by atoms with E-state index in [1.54, 1.807) is 12.4 Å². The van der Waals surface area contributed by atoms with Crippen molar-refractivity contribution < 1.29 is 4.52 Å². The van der Waals surface area contributed by atoms with Gasteiger partial charge in [-0.25, -0.2) is 4.98 Å². The molecule has 1 fully saturated rings. The van der Waals surface area contributed by atoms with E-state index in [1.165, 1.54) is 0 Å². The monoisotopic (exact) mass is 322 g/mol. The first-order valence-corrected chi connectivity index (χ1v) is 8.07. The Morgan fingerprint density at radius 1 is 1.04 bits per heavy atom. The van der Waals surface area contributed by atoms with Gasteiger partial charge in [0.25, 0.3) is 5.89 Å². The molecule has 0 saturated carbocycles. The molecule has 0 aliphatic carbocycles. The average molecular weight is 322 g/mol. The Kier molecular flexibility index (Phi) is 4.16. The Balaban J connectivity index is 1.60. The summed E-state index contributed by atoms with van der Waals surface area (Å²) < 4.78 is 5.41. The largest absolute Gasteiger partial charge is 0.355 e. The standard InChI is InChI=1S/C17H18N6O/c1-2-7-19-14(4-1)16-21-17(24-22-16)13-5-8-20-15(12-13)23-10-3-6-18-9-11-23/h1-2,4-5,7-8,12,18H,3,6,9-11H2. The SMILES string of the molecule is c1ccc(-c2noc(-c3ccnc(N4CCCNCC4)c3)n2)nc1. The molecular weight excluding hydrogens is 304 g/mol. The van der Waals surface area contributed by atoms with E-state index >= 15 is 0 Å². The third kappa shape index (κ3) is 3.11. The maximum absolute atomic E-state index is 5.41. The minimum Gasteiger partial charge on any atom is -0.355 e. The third-order valence-electron chi connectivity index (χ3n) is 3.98. The van der Waals surface area contributed by atoms with Crippen LogP contribution in [0.2, 0.25) is 0 Å². The summed E-state index contributed by atoms with van der Waals surface area (Å²) in [5.74, 6) is 1.91. The normalized spacial score (nSPS) is 15.2. The number of anilines is 1. The topological polar surface area (TPSA) is 80.0 Å². The van der Waals surface area contributed by atoms with Gasteiger partial charge in [-0.05, 0) is 37.2 Å². The van der Waals surface area contributed by atoms with Crippen molar-refractivity contribution in [3.63, 3.8) is 0 Å². The molecule has 0 atom stereocenters. The summed E-state index contributed by atoms with van der Waals surface area (Å²) in [6.07, 6.45) is 4.60. The zero-order chi connectivity index (χ0) is 16.2. The summed E-state index contributed by atoms with van der Waals surface area (Å²) in [7, 11) is 0. The molecule has 1 N–H and O–H groups in total. The molecule has 1 saturated heterocycles. The molecule has 7 nitrogen and oxygen atoms in total. The second-order valence-electron chi connectivity index (χ2n) is 5.63. The van der Waals surface area contributed by atoms with Crippen molar-refractivity contribution in [2.24, 2.45) is 0 Å². The maximum atomic E-state index is 5.41. The van der Waals surface area contributed by atoms with Crippen LogP contribution in [0.25, 0.3) is 23.0 Å². The summed E-state index contributed by atoms with van der Waals surface area (Å²) in [5.41, 5.74) is 1.56. The van der Waals surface area contributed by atoms with Gasteiger partial charge in [0.15, 0.2) is 0 Å². The highest BCUT2D eigenvalue weighted by atomic mass is 16.5. The van der Waals surface area contributed by atoms with Crippen molar-refractivity contribution >= 4 is 5.82 Å². The van der Waals surface area contributed by atoms with Crippen LogP contribution in [0.4, 0.5) is 5.82 Å². The van der Waals surface area contributed by atoms with E-state index in [0.717, 1.165) is 44.0 Å². The molecule has 122 valence electrons. The molecular formula is C17H18N6O. The van der Waals surface area contributed by atoms with Gasteiger partial charge in [-0.1, -0.05) is 11.2 Å². The molecule has 0 bridgehead atoms. The number of pyridine rings is 2. The third-order valence-corrected chi connectivity index (χ3v) is 3.98. The summed E-state index contributed by atoms with van der Waals surface area (Å²) in [5, 5.41) is 7.42. The van der Waals surface area contributed by atoms with E-state index in [4.69, 9.17) is 4.52 Å². The van der Waals surface area contributed by atoms with Crippen molar-refractivity contribution in [3.05, 3.63) is 42.7 Å². The highest BCUT2D eigenvalue weighted by molar-refractivity contribution is 5.61. The van der Waals surface area contributed by atoms with Gasteiger partial charge in [0.2, 0.25) is 5.82 Å². The Bertz CT molecular complexity index is 796. The molecule has 7 heteroatoms. The Morgan fingerprint density at radius 3 is 2.96 bits per heavy atom. The first-order chi connectivity index (χ1) is 11.9. The number of hydrogen-bond donors (Lipinski definition) is 1. The van der Waals surface area contributed by atoms with Crippen molar-refractivity contribution in [3.8, 4) is 23.0 Å². The lowest BCUT2D eigenvalue weighted by molar-refractivity contribution is 0.432. The molecule has 0 radical (unpaired) electrons. The minimum atomic E-state index is 0.479. The molecule has 3 aromatic rings. The van der Waals surface area contributed by atoms with Crippen LogP contribution in [-0.2, 0) is 0 Å². The fourth-order valence-corrected chi connectivity index (χ4v) is 2.74. The molecule has 0 aromatic carbocycles. The number of rotatable bonds is 3. The van der Waals surface area contributed by atoms with Crippen molar-refractivity contribution in [2.75, 3.05) is 31.1 Å². The Hall–Kier alpha value is -2.80. The fourth-order valence-electron chi connectivity index (χ4n) is 2.74. The summed E-state index contributed by atoms with van der Waals surface area (Å²) in [6.45, 7) is 3.95. The summed E-state index contributed by atoms with van der Waals surface area (Å²) in [6, 6.07) is 9.50. The average Bonchev–Trinajstić information content (AvgIpc) is 2.98. The first kappa shape index (κ1) is 14.8. The molecule has 0 amide bonds. The van der Waals surface area contributed by atoms with E-state index in [1.807, 2.05) is 30.3 Å². The second-order valence-corrected chi connectivity index (χ2v) is 5.63. The molecule has 1 aliphatic heterocycles. The molecule has 0 unspecified atom stereocenters. The van der Waals surface area contributed by atoms with Gasteiger partial charge in [0, 0.05) is 37.6 Å². The van der Waals surface area contributed by atoms with Crippen molar-refractivity contribution in [1.82, 2.24) is 25.4 Å². The summed E-state index contributed by atoms with van der Waals surface area (Å²) >= 11 is 0. The maximum Gasteiger partial charge on any atom is 0.258 e. The van der Waals surface area contributed by atoms with Crippen LogP contribution >= 0.6 is 0 Å². The van der Waals surface area contributed by atoms with E-state index in [-0.39, 0.29) is 0 Å². The molecule has 3 aromatic heterocycles. The predicted octanol–water partition coefficient (Wildman–Crippen LogP) is 1.99. The minimum absolute atomic E-state index is 0.479. The van der Waals surface area contributed by atoms with Gasteiger partial charge in [-0.15, -0.1) is 0 Å². The second kappa shape index (κ2) is 6.76. The van der Waals surface area contributed by atoms with Crippen LogP contribution in [0.3, 0.4) is 0 Å². The van der Waals surface area contributed by atoms with Crippen LogP contribution < -0.4 is 10.2 Å². The van der Waals surface area contributed by atoms with Crippen LogP contribution in [0.15, 0.2) is 47.2 Å². The van der Waals surface area contributed by atoms with Crippen molar-refractivity contribution in [2.45, 2.75) is 6.42 Å². The lowest BCUT2D eigenvalue weighted by atomic mass is 10.2. The van der Waals surface area contributed by atoms with Crippen LogP contribution in [0.1, 0.15) is 6.42 Å². The van der Waals surface area contributed by atoms with Gasteiger partial charge < -0.3 is 14.7 Å². The van der Waals surface area contributed by atoms with Crippen molar-refractivity contribution in [1.29, 1.82) is 0 Å². The lowest BCUT2D eigenvalue weighted by Crippen LogP contribution is -2.28. The number of nitrogens with zero attached hydrogens (tertiary/aromatic N) is 5. The van der Waals surface area contributed by atoms with Crippen LogP contribution in [0, 0.1) is 0 Å². The number of hydrogen-bond acceptors (Lipinski definition) is 7. The quantitative estimate of drug-likeness (QED) is 0.790. The molecule has 4 heterocycles. The van der Waals surface area contributed by atoms with Gasteiger partial charge in [-0.3, -0.25) is 4.98 Å². The number of aromatic nitrogens is 4. The van der Waals surface area contributed by atoms with Crippen LogP contribution in [-0.4, -0.2) is 46.3 Å². The molecule has 24 heavy (non-hydrogen) atoms.